The molecule has 0 aliphatic carbocycles. The van der Waals surface area contributed by atoms with Crippen LogP contribution in [0, 0.1) is 0 Å². The van der Waals surface area contributed by atoms with Crippen LogP contribution in [0.1, 0.15) is 11.8 Å². The highest BCUT2D eigenvalue weighted by atomic mass is 79.9. The van der Waals surface area contributed by atoms with E-state index in [2.05, 4.69) is 46.9 Å². The summed E-state index contributed by atoms with van der Waals surface area (Å²) in [4.78, 5) is 3.62. The molecule has 1 heterocycles. The molecule has 0 N–H and O–H groups in total. The molecule has 4 heteroatoms. The largest absolute Gasteiger partial charge is 0.297 e. The Morgan fingerprint density at radius 1 is 1.62 bits per heavy atom. The van der Waals surface area contributed by atoms with Crippen LogP contribution in [0.5, 0.6) is 0 Å². The lowest BCUT2D eigenvalue weighted by molar-refractivity contribution is 0.271. The van der Waals surface area contributed by atoms with E-state index in [1.54, 1.807) is 11.3 Å². The number of alkyl halides is 1. The third-order valence-corrected chi connectivity index (χ3v) is 4.06. The predicted molar refractivity (Wildman–Crippen MR) is 63.7 cm³/mol. The SMILES string of the molecule is CC(CCl)N(C)Cc1ccc(Br)s1. The van der Waals surface area contributed by atoms with Crippen LogP contribution in [0.25, 0.3) is 0 Å². The monoisotopic (exact) mass is 281 g/mol. The third-order valence-electron chi connectivity index (χ3n) is 2.01. The Labute approximate surface area is 96.8 Å². The van der Waals surface area contributed by atoms with Crippen molar-refractivity contribution in [3.63, 3.8) is 0 Å². The molecule has 74 valence electrons. The lowest BCUT2D eigenvalue weighted by atomic mass is 10.3. The van der Waals surface area contributed by atoms with Crippen molar-refractivity contribution in [1.29, 1.82) is 0 Å². The zero-order chi connectivity index (χ0) is 9.84. The van der Waals surface area contributed by atoms with Crippen LogP contribution < -0.4 is 0 Å². The number of nitrogens with zero attached hydrogens (tertiary/aromatic N) is 1. The molecule has 1 atom stereocenters. The maximum Gasteiger partial charge on any atom is 0.0701 e. The fourth-order valence-electron chi connectivity index (χ4n) is 0.956. The first-order valence-corrected chi connectivity index (χ1v) is 6.28. The van der Waals surface area contributed by atoms with Crippen LogP contribution in [0.15, 0.2) is 15.9 Å². The van der Waals surface area contributed by atoms with Gasteiger partial charge in [-0.25, -0.2) is 0 Å². The Balaban J connectivity index is 2.49. The maximum atomic E-state index is 5.77. The molecule has 0 saturated heterocycles. The van der Waals surface area contributed by atoms with Gasteiger partial charge in [-0.1, -0.05) is 0 Å². The van der Waals surface area contributed by atoms with Gasteiger partial charge in [-0.05, 0) is 42.0 Å². The van der Waals surface area contributed by atoms with Crippen LogP contribution in [-0.4, -0.2) is 23.9 Å². The van der Waals surface area contributed by atoms with E-state index in [1.807, 2.05) is 0 Å². The first-order chi connectivity index (χ1) is 6.13. The van der Waals surface area contributed by atoms with Crippen LogP contribution in [0.2, 0.25) is 0 Å². The van der Waals surface area contributed by atoms with Crippen LogP contribution in [0.3, 0.4) is 0 Å². The molecule has 0 aliphatic rings. The van der Waals surface area contributed by atoms with Crippen molar-refractivity contribution in [2.45, 2.75) is 19.5 Å². The van der Waals surface area contributed by atoms with Gasteiger partial charge < -0.3 is 0 Å². The van der Waals surface area contributed by atoms with Gasteiger partial charge in [0.25, 0.3) is 0 Å². The molecule has 1 nitrogen and oxygen atoms in total. The van der Waals surface area contributed by atoms with Crippen molar-refractivity contribution in [2.24, 2.45) is 0 Å². The van der Waals surface area contributed by atoms with Crippen molar-refractivity contribution in [3.8, 4) is 0 Å². The fourth-order valence-corrected chi connectivity index (χ4v) is 2.74. The first kappa shape index (κ1) is 11.5. The second kappa shape index (κ2) is 5.35. The maximum absolute atomic E-state index is 5.77. The van der Waals surface area contributed by atoms with Gasteiger partial charge in [0, 0.05) is 23.3 Å². The Morgan fingerprint density at radius 2 is 2.31 bits per heavy atom. The molecular formula is C9H13BrClNS. The Hall–Kier alpha value is 0.430. The van der Waals surface area contributed by atoms with Crippen molar-refractivity contribution in [2.75, 3.05) is 12.9 Å². The minimum Gasteiger partial charge on any atom is -0.297 e. The Bertz CT molecular complexity index is 264. The summed E-state index contributed by atoms with van der Waals surface area (Å²) in [6.07, 6.45) is 0. The Kier molecular flexibility index (Phi) is 4.73. The topological polar surface area (TPSA) is 3.24 Å². The average Bonchev–Trinajstić information content (AvgIpc) is 2.49. The smallest absolute Gasteiger partial charge is 0.0701 e. The van der Waals surface area contributed by atoms with Gasteiger partial charge in [0.15, 0.2) is 0 Å². The normalized spacial score (nSPS) is 13.6. The van der Waals surface area contributed by atoms with Crippen LogP contribution >= 0.6 is 38.9 Å². The van der Waals surface area contributed by atoms with E-state index in [-0.39, 0.29) is 0 Å². The van der Waals surface area contributed by atoms with Gasteiger partial charge >= 0.3 is 0 Å². The summed E-state index contributed by atoms with van der Waals surface area (Å²) in [5.41, 5.74) is 0. The summed E-state index contributed by atoms with van der Waals surface area (Å²) < 4.78 is 1.19. The van der Waals surface area contributed by atoms with E-state index in [9.17, 15) is 0 Å². The second-order valence-electron chi connectivity index (χ2n) is 3.12. The lowest BCUT2D eigenvalue weighted by Gasteiger charge is -2.21. The van der Waals surface area contributed by atoms with E-state index in [0.717, 1.165) is 6.54 Å². The molecule has 0 amide bonds. The summed E-state index contributed by atoms with van der Waals surface area (Å²) in [7, 11) is 2.10. The van der Waals surface area contributed by atoms with Crippen molar-refractivity contribution >= 4 is 38.9 Å². The standard InChI is InChI=1S/C9H13BrClNS/c1-7(5-11)12(2)6-8-3-4-9(10)13-8/h3-4,7H,5-6H2,1-2H3. The number of thiophene rings is 1. The van der Waals surface area contributed by atoms with Gasteiger partial charge in [-0.3, -0.25) is 4.90 Å². The van der Waals surface area contributed by atoms with Crippen molar-refractivity contribution in [3.05, 3.63) is 20.8 Å². The van der Waals surface area contributed by atoms with Crippen LogP contribution in [-0.2, 0) is 6.54 Å². The van der Waals surface area contributed by atoms with E-state index in [0.29, 0.717) is 11.9 Å². The Morgan fingerprint density at radius 3 is 2.77 bits per heavy atom. The molecule has 0 spiro atoms. The van der Waals surface area contributed by atoms with Gasteiger partial charge in [0.2, 0.25) is 0 Å². The van der Waals surface area contributed by atoms with Gasteiger partial charge in [0.05, 0.1) is 3.79 Å². The number of rotatable bonds is 4. The average molecular weight is 283 g/mol. The van der Waals surface area contributed by atoms with E-state index >= 15 is 0 Å². The minimum absolute atomic E-state index is 0.433. The summed E-state index contributed by atoms with van der Waals surface area (Å²) >= 11 is 11.0. The second-order valence-corrected chi connectivity index (χ2v) is 5.98. The molecule has 0 aromatic carbocycles. The summed E-state index contributed by atoms with van der Waals surface area (Å²) in [5, 5.41) is 0. The first-order valence-electron chi connectivity index (χ1n) is 4.14. The van der Waals surface area contributed by atoms with Crippen LogP contribution in [0.4, 0.5) is 0 Å². The zero-order valence-electron chi connectivity index (χ0n) is 7.76. The third kappa shape index (κ3) is 3.58. The summed E-state index contributed by atoms with van der Waals surface area (Å²) in [5.74, 6) is 0.684. The van der Waals surface area contributed by atoms with Gasteiger partial charge in [-0.2, -0.15) is 0 Å². The predicted octanol–water partition coefficient (Wildman–Crippen LogP) is 3.57. The number of hydrogen-bond donors (Lipinski definition) is 0. The fraction of sp³-hybridized carbons (Fsp3) is 0.556. The van der Waals surface area contributed by atoms with Crippen molar-refractivity contribution in [1.82, 2.24) is 4.90 Å². The minimum atomic E-state index is 0.433. The van der Waals surface area contributed by atoms with E-state index in [4.69, 9.17) is 11.6 Å². The molecule has 0 fully saturated rings. The highest BCUT2D eigenvalue weighted by molar-refractivity contribution is 9.11. The molecule has 0 radical (unpaired) electrons. The molecule has 0 aliphatic heterocycles. The summed E-state index contributed by atoms with van der Waals surface area (Å²) in [6, 6.07) is 4.66. The number of halogens is 2. The molecule has 1 rings (SSSR count). The lowest BCUT2D eigenvalue weighted by Crippen LogP contribution is -2.29. The van der Waals surface area contributed by atoms with Gasteiger partial charge in [-0.15, -0.1) is 22.9 Å². The summed E-state index contributed by atoms with van der Waals surface area (Å²) in [6.45, 7) is 3.11. The molecule has 0 saturated carbocycles. The van der Waals surface area contributed by atoms with E-state index in [1.165, 1.54) is 8.66 Å². The van der Waals surface area contributed by atoms with E-state index < -0.39 is 0 Å². The highest BCUT2D eigenvalue weighted by Gasteiger charge is 2.08. The molecule has 13 heavy (non-hydrogen) atoms. The molecule has 1 aromatic rings. The molecule has 1 unspecified atom stereocenters. The number of hydrogen-bond acceptors (Lipinski definition) is 2. The van der Waals surface area contributed by atoms with Crippen molar-refractivity contribution < 1.29 is 0 Å². The quantitative estimate of drug-likeness (QED) is 0.763. The molecule has 0 bridgehead atoms. The van der Waals surface area contributed by atoms with Gasteiger partial charge in [0.1, 0.15) is 0 Å². The molecule has 1 aromatic heterocycles. The molecular weight excluding hydrogens is 270 g/mol. The highest BCUT2D eigenvalue weighted by Crippen LogP contribution is 2.23. The zero-order valence-corrected chi connectivity index (χ0v) is 10.9.